The van der Waals surface area contributed by atoms with Gasteiger partial charge in [0.2, 0.25) is 0 Å². The predicted octanol–water partition coefficient (Wildman–Crippen LogP) is 7.96. The average Bonchev–Trinajstić information content (AvgIpc) is 3.32. The molecule has 0 saturated carbocycles. The molecule has 2 rings (SSSR count). The van der Waals surface area contributed by atoms with Crippen molar-refractivity contribution in [3.8, 4) is 0 Å². The zero-order valence-electron chi connectivity index (χ0n) is 41.4. The lowest BCUT2D eigenvalue weighted by Gasteiger charge is -2.42. The number of carbonyl (C=O) groups is 1. The number of rotatable bonds is 41. The summed E-state index contributed by atoms with van der Waals surface area (Å²) in [5, 5.41) is 72.1. The first kappa shape index (κ1) is 61.1. The quantitative estimate of drug-likeness (QED) is 0.0176. The SMILES string of the molecule is CCC/C=C\C/C=C\CCCCCCCCOCC(COC1OC(COC2OC(CO)C(O)C(O)C2O)C(O)C(O)C1O)OC(=O)CCCCCCCCCCC/C=C\C/C=C\CCCCC. The van der Waals surface area contributed by atoms with Crippen molar-refractivity contribution < 1.29 is 69.0 Å². The Bertz CT molecular complexity index is 1290. The van der Waals surface area contributed by atoms with Crippen LogP contribution in [0.3, 0.4) is 0 Å². The molecule has 0 spiro atoms. The lowest BCUT2D eigenvalue weighted by atomic mass is 9.98. The predicted molar refractivity (Wildman–Crippen MR) is 261 cm³/mol. The molecule has 2 fully saturated rings. The monoisotopic (exact) mass is 955 g/mol. The molecule has 0 aliphatic carbocycles. The van der Waals surface area contributed by atoms with Crippen molar-refractivity contribution >= 4 is 5.97 Å². The molecule has 11 unspecified atom stereocenters. The molecule has 2 aliphatic rings. The third kappa shape index (κ3) is 28.4. The van der Waals surface area contributed by atoms with Gasteiger partial charge in [-0.25, -0.2) is 0 Å². The van der Waals surface area contributed by atoms with Gasteiger partial charge in [0.1, 0.15) is 54.9 Å². The minimum Gasteiger partial charge on any atom is -0.457 e. The Morgan fingerprint density at radius 1 is 0.493 bits per heavy atom. The van der Waals surface area contributed by atoms with Crippen LogP contribution in [0.15, 0.2) is 48.6 Å². The molecule has 0 radical (unpaired) electrons. The number of hydrogen-bond acceptors (Lipinski definition) is 14. The third-order valence-electron chi connectivity index (χ3n) is 12.3. The summed E-state index contributed by atoms with van der Waals surface area (Å²) >= 11 is 0. The highest BCUT2D eigenvalue weighted by Gasteiger charge is 2.47. The molecule has 0 bridgehead atoms. The fourth-order valence-electron chi connectivity index (χ4n) is 8.00. The molecule has 11 atom stereocenters. The molecule has 14 heteroatoms. The molecule has 2 saturated heterocycles. The van der Waals surface area contributed by atoms with Crippen LogP contribution in [-0.2, 0) is 33.2 Å². The van der Waals surface area contributed by atoms with E-state index < -0.39 is 80.7 Å². The fraction of sp³-hybridized carbons (Fsp3) is 0.830. The number of aliphatic hydroxyl groups is 7. The summed E-state index contributed by atoms with van der Waals surface area (Å²) in [6.07, 6.45) is 30.2. The Hall–Kier alpha value is -2.05. The van der Waals surface area contributed by atoms with E-state index in [1.165, 1.54) is 77.0 Å². The number of allylic oxidation sites excluding steroid dienone is 8. The minimum absolute atomic E-state index is 0.0518. The molecule has 390 valence electrons. The summed E-state index contributed by atoms with van der Waals surface area (Å²) in [5.74, 6) is -0.386. The second kappa shape index (κ2) is 40.7. The molecule has 0 aromatic rings. The topological polar surface area (TPSA) is 214 Å². The van der Waals surface area contributed by atoms with Gasteiger partial charge >= 0.3 is 5.97 Å². The normalized spacial score (nSPS) is 26.5. The summed E-state index contributed by atoms with van der Waals surface area (Å²) in [7, 11) is 0. The van der Waals surface area contributed by atoms with E-state index in [2.05, 4.69) is 62.5 Å². The molecule has 2 heterocycles. The summed E-state index contributed by atoms with van der Waals surface area (Å²) in [5.41, 5.74) is 0. The first-order valence-corrected chi connectivity index (χ1v) is 26.2. The van der Waals surface area contributed by atoms with Crippen LogP contribution < -0.4 is 0 Å². The minimum atomic E-state index is -1.71. The van der Waals surface area contributed by atoms with Gasteiger partial charge in [0, 0.05) is 13.0 Å². The molecule has 14 nitrogen and oxygen atoms in total. The van der Waals surface area contributed by atoms with E-state index in [9.17, 15) is 40.5 Å². The summed E-state index contributed by atoms with van der Waals surface area (Å²) in [6, 6.07) is 0. The van der Waals surface area contributed by atoms with Crippen molar-refractivity contribution in [3.63, 3.8) is 0 Å². The number of hydrogen-bond donors (Lipinski definition) is 7. The zero-order valence-corrected chi connectivity index (χ0v) is 41.4. The number of esters is 1. The van der Waals surface area contributed by atoms with Crippen molar-refractivity contribution in [2.75, 3.05) is 33.0 Å². The van der Waals surface area contributed by atoms with Gasteiger partial charge in [-0.05, 0) is 70.6 Å². The maximum atomic E-state index is 13.0. The molecule has 2 aliphatic heterocycles. The van der Waals surface area contributed by atoms with Gasteiger partial charge in [0.15, 0.2) is 12.6 Å². The van der Waals surface area contributed by atoms with Crippen LogP contribution in [-0.4, -0.2) is 142 Å². The number of ether oxygens (including phenoxy) is 6. The molecular weight excluding hydrogens is 861 g/mol. The van der Waals surface area contributed by atoms with Gasteiger partial charge in [-0.3, -0.25) is 4.79 Å². The second-order valence-corrected chi connectivity index (χ2v) is 18.3. The Morgan fingerprint density at radius 2 is 0.955 bits per heavy atom. The van der Waals surface area contributed by atoms with Gasteiger partial charge in [-0.15, -0.1) is 0 Å². The van der Waals surface area contributed by atoms with Crippen LogP contribution in [0.2, 0.25) is 0 Å². The Balaban J connectivity index is 1.76. The lowest BCUT2D eigenvalue weighted by molar-refractivity contribution is -0.332. The van der Waals surface area contributed by atoms with Crippen LogP contribution in [0, 0.1) is 0 Å². The number of carbonyl (C=O) groups excluding carboxylic acids is 1. The van der Waals surface area contributed by atoms with Gasteiger partial charge in [0.25, 0.3) is 0 Å². The van der Waals surface area contributed by atoms with Crippen LogP contribution >= 0.6 is 0 Å². The average molecular weight is 955 g/mol. The summed E-state index contributed by atoms with van der Waals surface area (Å²) in [4.78, 5) is 13.0. The fourth-order valence-corrected chi connectivity index (χ4v) is 8.00. The highest BCUT2D eigenvalue weighted by atomic mass is 16.7. The van der Waals surface area contributed by atoms with Crippen molar-refractivity contribution in [3.05, 3.63) is 48.6 Å². The number of unbranched alkanes of at least 4 members (excludes halogenated alkanes) is 19. The molecule has 0 amide bonds. The standard InChI is InChI=1S/C53H94O14/c1-3-5-7-9-11-13-15-17-19-20-21-22-23-24-26-28-30-32-34-36-45(55)65-42(39-62-37-35-33-31-29-27-25-18-16-14-12-10-8-6-4-2)40-63-52-51(61)49(59)47(57)44(67-52)41-64-53-50(60)48(58)46(56)43(38-54)66-53/h8,10-11,13-14,16-17,19,42-44,46-54,56-61H,3-7,9,12,15,18,20-41H2,1-2H3/b10-8-,13-11-,16-14-,19-17-. The van der Waals surface area contributed by atoms with E-state index in [-0.39, 0.29) is 25.6 Å². The second-order valence-electron chi connectivity index (χ2n) is 18.3. The summed E-state index contributed by atoms with van der Waals surface area (Å²) < 4.78 is 34.3. The van der Waals surface area contributed by atoms with Crippen LogP contribution in [0.4, 0.5) is 0 Å². The van der Waals surface area contributed by atoms with Gasteiger partial charge in [-0.1, -0.05) is 152 Å². The van der Waals surface area contributed by atoms with E-state index in [0.717, 1.165) is 77.0 Å². The smallest absolute Gasteiger partial charge is 0.306 e. The molecule has 7 N–H and O–H groups in total. The van der Waals surface area contributed by atoms with E-state index in [1.54, 1.807) is 0 Å². The van der Waals surface area contributed by atoms with E-state index >= 15 is 0 Å². The Labute approximate surface area is 403 Å². The van der Waals surface area contributed by atoms with E-state index in [4.69, 9.17) is 28.4 Å². The zero-order chi connectivity index (χ0) is 48.7. The van der Waals surface area contributed by atoms with Crippen molar-refractivity contribution in [1.82, 2.24) is 0 Å². The Kier molecular flexibility index (Phi) is 37.1. The summed E-state index contributed by atoms with van der Waals surface area (Å²) in [6.45, 7) is 3.57. The first-order valence-electron chi connectivity index (χ1n) is 26.2. The third-order valence-corrected chi connectivity index (χ3v) is 12.3. The van der Waals surface area contributed by atoms with Crippen LogP contribution in [0.1, 0.15) is 181 Å². The van der Waals surface area contributed by atoms with Gasteiger partial charge in [0.05, 0.1) is 26.4 Å². The maximum absolute atomic E-state index is 13.0. The highest BCUT2D eigenvalue weighted by Crippen LogP contribution is 2.26. The van der Waals surface area contributed by atoms with E-state index in [1.807, 2.05) is 0 Å². The van der Waals surface area contributed by atoms with Crippen molar-refractivity contribution in [1.29, 1.82) is 0 Å². The maximum Gasteiger partial charge on any atom is 0.306 e. The molecular formula is C53H94O14. The molecule has 0 aromatic heterocycles. The van der Waals surface area contributed by atoms with Crippen molar-refractivity contribution in [2.24, 2.45) is 0 Å². The first-order chi connectivity index (χ1) is 32.6. The lowest BCUT2D eigenvalue weighted by Crippen LogP contribution is -2.61. The van der Waals surface area contributed by atoms with Crippen LogP contribution in [0.5, 0.6) is 0 Å². The number of aliphatic hydroxyl groups excluding tert-OH is 7. The van der Waals surface area contributed by atoms with Crippen molar-refractivity contribution in [2.45, 2.75) is 248 Å². The Morgan fingerprint density at radius 3 is 1.49 bits per heavy atom. The largest absolute Gasteiger partial charge is 0.457 e. The van der Waals surface area contributed by atoms with E-state index in [0.29, 0.717) is 13.0 Å². The molecule has 67 heavy (non-hydrogen) atoms. The van der Waals surface area contributed by atoms with Crippen LogP contribution in [0.25, 0.3) is 0 Å². The highest BCUT2D eigenvalue weighted by molar-refractivity contribution is 5.69. The van der Waals surface area contributed by atoms with Gasteiger partial charge in [-0.2, -0.15) is 0 Å². The van der Waals surface area contributed by atoms with Gasteiger partial charge < -0.3 is 64.2 Å². The molecule has 0 aromatic carbocycles.